The molecule has 0 bridgehead atoms. The second-order valence-electron chi connectivity index (χ2n) is 6.47. The fraction of sp³-hybridized carbons (Fsp3) is 0.227. The van der Waals surface area contributed by atoms with Crippen molar-refractivity contribution in [1.29, 1.82) is 0 Å². The first kappa shape index (κ1) is 24.3. The van der Waals surface area contributed by atoms with Gasteiger partial charge in [0.2, 0.25) is 0 Å². The molecular formula is C22H19Br2NO6S. The maximum atomic E-state index is 12.6. The van der Waals surface area contributed by atoms with Crippen LogP contribution in [0.2, 0.25) is 0 Å². The fourth-order valence-electron chi connectivity index (χ4n) is 2.81. The summed E-state index contributed by atoms with van der Waals surface area (Å²) >= 11 is 7.83. The zero-order chi connectivity index (χ0) is 23.3. The summed E-state index contributed by atoms with van der Waals surface area (Å²) < 4.78 is 17.6. The summed E-state index contributed by atoms with van der Waals surface area (Å²) in [5.74, 6) is -0.233. The molecule has 0 N–H and O–H groups in total. The van der Waals surface area contributed by atoms with Crippen LogP contribution in [-0.4, -0.2) is 42.3 Å². The van der Waals surface area contributed by atoms with Gasteiger partial charge in [0.1, 0.15) is 13.2 Å². The molecule has 1 aliphatic rings. The lowest BCUT2D eigenvalue weighted by Crippen LogP contribution is -2.34. The minimum atomic E-state index is -0.670. The Morgan fingerprint density at radius 3 is 2.50 bits per heavy atom. The van der Waals surface area contributed by atoms with Crippen molar-refractivity contribution in [2.75, 3.05) is 20.3 Å². The molecule has 1 aliphatic heterocycles. The maximum absolute atomic E-state index is 12.6. The molecule has 2 amide bonds. The van der Waals surface area contributed by atoms with Gasteiger partial charge in [-0.2, -0.15) is 0 Å². The lowest BCUT2D eigenvalue weighted by molar-refractivity contribution is -0.143. The number of carbonyl (C=O) groups is 3. The number of hydrogen-bond donors (Lipinski definition) is 0. The van der Waals surface area contributed by atoms with E-state index in [9.17, 15) is 14.4 Å². The third-order valence-electron chi connectivity index (χ3n) is 4.36. The SMILES string of the molecule is CCOc1cc(/C=C2\SC(=O)N(CC(=O)OC)C2=O)c(Br)c(Br)c1OCc1ccccc1. The molecule has 2 aromatic carbocycles. The van der Waals surface area contributed by atoms with Crippen LogP contribution < -0.4 is 9.47 Å². The summed E-state index contributed by atoms with van der Waals surface area (Å²) in [7, 11) is 1.20. The Balaban J connectivity index is 1.91. The molecule has 0 saturated carbocycles. The van der Waals surface area contributed by atoms with E-state index in [1.807, 2.05) is 37.3 Å². The van der Waals surface area contributed by atoms with Crippen molar-refractivity contribution < 1.29 is 28.6 Å². The number of methoxy groups -OCH3 is 1. The van der Waals surface area contributed by atoms with Crippen LogP contribution in [0.5, 0.6) is 11.5 Å². The number of rotatable bonds is 8. The van der Waals surface area contributed by atoms with Crippen LogP contribution in [0.25, 0.3) is 6.08 Å². The van der Waals surface area contributed by atoms with Crippen LogP contribution in [0.4, 0.5) is 4.79 Å². The first-order chi connectivity index (χ1) is 15.3. The lowest BCUT2D eigenvalue weighted by atomic mass is 10.1. The number of imide groups is 1. The topological polar surface area (TPSA) is 82.1 Å². The average molecular weight is 585 g/mol. The van der Waals surface area contributed by atoms with E-state index in [2.05, 4.69) is 36.6 Å². The minimum Gasteiger partial charge on any atom is -0.490 e. The molecular weight excluding hydrogens is 566 g/mol. The number of ether oxygens (including phenoxy) is 3. The van der Waals surface area contributed by atoms with Crippen LogP contribution >= 0.6 is 43.6 Å². The first-order valence-electron chi connectivity index (χ1n) is 9.49. The Kier molecular flexibility index (Phi) is 8.38. The monoisotopic (exact) mass is 583 g/mol. The number of nitrogens with zero attached hydrogens (tertiary/aromatic N) is 1. The zero-order valence-corrected chi connectivity index (χ0v) is 21.2. The molecule has 0 aromatic heterocycles. The molecule has 168 valence electrons. The van der Waals surface area contributed by atoms with Gasteiger partial charge in [0, 0.05) is 4.47 Å². The van der Waals surface area contributed by atoms with Gasteiger partial charge in [0.25, 0.3) is 11.1 Å². The average Bonchev–Trinajstić information content (AvgIpc) is 3.05. The van der Waals surface area contributed by atoms with Crippen LogP contribution in [0.3, 0.4) is 0 Å². The molecule has 32 heavy (non-hydrogen) atoms. The standard InChI is InChI=1S/C22H19Br2NO6S/c1-3-30-15-9-14(10-16-21(27)25(22(28)32-16)11-17(26)29-2)18(23)19(24)20(15)31-12-13-7-5-4-6-8-13/h4-10H,3,11-12H2,1-2H3/b16-10-. The highest BCUT2D eigenvalue weighted by Crippen LogP contribution is 2.45. The van der Waals surface area contributed by atoms with Gasteiger partial charge in [-0.3, -0.25) is 19.3 Å². The van der Waals surface area contributed by atoms with Gasteiger partial charge in [0.15, 0.2) is 11.5 Å². The lowest BCUT2D eigenvalue weighted by Gasteiger charge is -2.16. The van der Waals surface area contributed by atoms with E-state index in [4.69, 9.17) is 9.47 Å². The number of amides is 2. The van der Waals surface area contributed by atoms with Crippen LogP contribution in [0.1, 0.15) is 18.1 Å². The van der Waals surface area contributed by atoms with Crippen LogP contribution in [0.15, 0.2) is 50.2 Å². The quantitative estimate of drug-likeness (QED) is 0.303. The molecule has 0 radical (unpaired) electrons. The Morgan fingerprint density at radius 1 is 1.12 bits per heavy atom. The molecule has 7 nitrogen and oxygen atoms in total. The largest absolute Gasteiger partial charge is 0.490 e. The maximum Gasteiger partial charge on any atom is 0.325 e. The van der Waals surface area contributed by atoms with E-state index in [-0.39, 0.29) is 4.91 Å². The number of hydrogen-bond acceptors (Lipinski definition) is 7. The smallest absolute Gasteiger partial charge is 0.325 e. The molecule has 3 rings (SSSR count). The molecule has 2 aromatic rings. The van der Waals surface area contributed by atoms with E-state index in [0.29, 0.717) is 39.2 Å². The number of thioether (sulfide) groups is 1. The first-order valence-corrected chi connectivity index (χ1v) is 11.9. The summed E-state index contributed by atoms with van der Waals surface area (Å²) in [6.45, 7) is 2.18. The van der Waals surface area contributed by atoms with Gasteiger partial charge in [-0.15, -0.1) is 0 Å². The Labute approximate surface area is 206 Å². The van der Waals surface area contributed by atoms with Crippen molar-refractivity contribution in [2.24, 2.45) is 0 Å². The summed E-state index contributed by atoms with van der Waals surface area (Å²) in [5.41, 5.74) is 1.61. The van der Waals surface area contributed by atoms with Crippen LogP contribution in [-0.2, 0) is 20.9 Å². The van der Waals surface area contributed by atoms with Crippen molar-refractivity contribution in [3.05, 3.63) is 61.4 Å². The molecule has 1 fully saturated rings. The van der Waals surface area contributed by atoms with E-state index >= 15 is 0 Å². The molecule has 1 saturated heterocycles. The normalized spacial score (nSPS) is 14.8. The third-order valence-corrected chi connectivity index (χ3v) is 7.41. The van der Waals surface area contributed by atoms with Gasteiger partial charge < -0.3 is 14.2 Å². The second kappa shape index (κ2) is 11.0. The Hall–Kier alpha value is -2.30. The highest BCUT2D eigenvalue weighted by Gasteiger charge is 2.36. The molecule has 10 heteroatoms. The summed E-state index contributed by atoms with van der Waals surface area (Å²) in [6.07, 6.45) is 1.57. The van der Waals surface area contributed by atoms with Gasteiger partial charge in [-0.1, -0.05) is 30.3 Å². The molecule has 0 atom stereocenters. The van der Waals surface area contributed by atoms with E-state index in [1.165, 1.54) is 7.11 Å². The molecule has 0 unspecified atom stereocenters. The zero-order valence-electron chi connectivity index (χ0n) is 17.2. The fourth-order valence-corrected chi connectivity index (χ4v) is 4.58. The molecule has 0 aliphatic carbocycles. The van der Waals surface area contributed by atoms with E-state index in [0.717, 1.165) is 22.2 Å². The van der Waals surface area contributed by atoms with Crippen LogP contribution in [0, 0.1) is 0 Å². The summed E-state index contributed by atoms with van der Waals surface area (Å²) in [6, 6.07) is 11.5. The van der Waals surface area contributed by atoms with E-state index in [1.54, 1.807) is 12.1 Å². The number of esters is 1. The summed E-state index contributed by atoms with van der Waals surface area (Å²) in [4.78, 5) is 37.4. The molecule has 1 heterocycles. The Bertz CT molecular complexity index is 1070. The van der Waals surface area contributed by atoms with Gasteiger partial charge in [-0.05, 0) is 73.8 Å². The predicted molar refractivity (Wildman–Crippen MR) is 128 cm³/mol. The number of halogens is 2. The summed E-state index contributed by atoms with van der Waals surface area (Å²) in [5, 5.41) is -0.533. The second-order valence-corrected chi connectivity index (χ2v) is 9.05. The number of carbonyl (C=O) groups excluding carboxylic acids is 3. The highest BCUT2D eigenvalue weighted by molar-refractivity contribution is 9.13. The van der Waals surface area contributed by atoms with Crippen molar-refractivity contribution in [3.8, 4) is 11.5 Å². The van der Waals surface area contributed by atoms with Crippen molar-refractivity contribution in [2.45, 2.75) is 13.5 Å². The Morgan fingerprint density at radius 2 is 1.84 bits per heavy atom. The number of benzene rings is 2. The van der Waals surface area contributed by atoms with E-state index < -0.39 is 23.7 Å². The minimum absolute atomic E-state index is 0.187. The molecule has 0 spiro atoms. The predicted octanol–water partition coefficient (Wildman–Crippen LogP) is 5.40. The third kappa shape index (κ3) is 5.54. The highest BCUT2D eigenvalue weighted by atomic mass is 79.9. The van der Waals surface area contributed by atoms with Gasteiger partial charge >= 0.3 is 5.97 Å². The van der Waals surface area contributed by atoms with Crippen molar-refractivity contribution in [3.63, 3.8) is 0 Å². The van der Waals surface area contributed by atoms with Crippen molar-refractivity contribution in [1.82, 2.24) is 4.90 Å². The van der Waals surface area contributed by atoms with Gasteiger partial charge in [0.05, 0.1) is 23.1 Å². The van der Waals surface area contributed by atoms with Gasteiger partial charge in [-0.25, -0.2) is 0 Å². The van der Waals surface area contributed by atoms with Crippen molar-refractivity contribution >= 4 is 66.8 Å².